The van der Waals surface area contributed by atoms with E-state index < -0.39 is 0 Å². The molecule has 4 rings (SSSR count). The summed E-state index contributed by atoms with van der Waals surface area (Å²) in [6.45, 7) is 1.53. The number of aromatic nitrogens is 1. The van der Waals surface area contributed by atoms with E-state index in [2.05, 4.69) is 10.2 Å². The Kier molecular flexibility index (Phi) is 5.11. The Labute approximate surface area is 170 Å². The van der Waals surface area contributed by atoms with Gasteiger partial charge in [0.25, 0.3) is 11.8 Å². The first kappa shape index (κ1) is 19.2. The summed E-state index contributed by atoms with van der Waals surface area (Å²) < 4.78 is 1.89. The van der Waals surface area contributed by atoms with E-state index in [0.717, 1.165) is 30.4 Å². The summed E-state index contributed by atoms with van der Waals surface area (Å²) in [7, 11) is 5.98. The van der Waals surface area contributed by atoms with Crippen molar-refractivity contribution in [3.63, 3.8) is 0 Å². The average molecular weight is 390 g/mol. The van der Waals surface area contributed by atoms with Gasteiger partial charge in [0, 0.05) is 48.3 Å². The van der Waals surface area contributed by atoms with Crippen LogP contribution in [0.15, 0.2) is 54.6 Å². The van der Waals surface area contributed by atoms with Crippen molar-refractivity contribution < 1.29 is 9.59 Å². The number of aryl methyl sites for hydroxylation is 1. The Bertz CT molecular complexity index is 1050. The maximum absolute atomic E-state index is 12.7. The van der Waals surface area contributed by atoms with E-state index in [0.29, 0.717) is 23.0 Å². The van der Waals surface area contributed by atoms with Crippen LogP contribution in [0.5, 0.6) is 0 Å². The SMILES string of the molecule is CN(C)C1CCN(C(=O)c2ccc(NC(=O)c3cc4ccccc4n3C)cc2)C1. The van der Waals surface area contributed by atoms with Crippen molar-refractivity contribution in [3.05, 3.63) is 65.9 Å². The third-order valence-corrected chi connectivity index (χ3v) is 5.75. The van der Waals surface area contributed by atoms with Gasteiger partial charge in [-0.1, -0.05) is 18.2 Å². The summed E-state index contributed by atoms with van der Waals surface area (Å²) in [5, 5.41) is 3.96. The molecule has 1 aliphatic heterocycles. The van der Waals surface area contributed by atoms with Gasteiger partial charge in [0.1, 0.15) is 5.69 Å². The number of fused-ring (bicyclic) bond motifs is 1. The van der Waals surface area contributed by atoms with Crippen LogP contribution in [0.2, 0.25) is 0 Å². The Morgan fingerprint density at radius 3 is 2.45 bits per heavy atom. The zero-order chi connectivity index (χ0) is 20.5. The molecule has 3 aromatic rings. The number of hydrogen-bond acceptors (Lipinski definition) is 3. The number of amides is 2. The highest BCUT2D eigenvalue weighted by atomic mass is 16.2. The molecular weight excluding hydrogens is 364 g/mol. The first-order valence-electron chi connectivity index (χ1n) is 9.85. The van der Waals surface area contributed by atoms with Crippen LogP contribution in [0.4, 0.5) is 5.69 Å². The molecule has 0 aliphatic carbocycles. The van der Waals surface area contributed by atoms with Crippen molar-refractivity contribution in [1.82, 2.24) is 14.4 Å². The monoisotopic (exact) mass is 390 g/mol. The summed E-state index contributed by atoms with van der Waals surface area (Å²) in [6.07, 6.45) is 0.998. The second-order valence-corrected chi connectivity index (χ2v) is 7.84. The number of hydrogen-bond donors (Lipinski definition) is 1. The number of carbonyl (C=O) groups excluding carboxylic acids is 2. The molecule has 1 saturated heterocycles. The van der Waals surface area contributed by atoms with Crippen LogP contribution >= 0.6 is 0 Å². The molecule has 0 bridgehead atoms. The Morgan fingerprint density at radius 2 is 1.79 bits per heavy atom. The van der Waals surface area contributed by atoms with E-state index in [9.17, 15) is 9.59 Å². The van der Waals surface area contributed by atoms with Crippen LogP contribution in [0.25, 0.3) is 10.9 Å². The lowest BCUT2D eigenvalue weighted by molar-refractivity contribution is 0.0783. The van der Waals surface area contributed by atoms with Gasteiger partial charge in [0.2, 0.25) is 0 Å². The normalized spacial score (nSPS) is 16.6. The van der Waals surface area contributed by atoms with Crippen LogP contribution in [-0.2, 0) is 7.05 Å². The number of para-hydroxylation sites is 1. The standard InChI is InChI=1S/C23H26N4O2/c1-25(2)19-12-13-27(15-19)23(29)16-8-10-18(11-9-16)24-22(28)21-14-17-6-4-5-7-20(17)26(21)3/h4-11,14,19H,12-13,15H2,1-3H3,(H,24,28). The third-order valence-electron chi connectivity index (χ3n) is 5.75. The molecule has 6 heteroatoms. The van der Waals surface area contributed by atoms with E-state index >= 15 is 0 Å². The summed E-state index contributed by atoms with van der Waals surface area (Å²) in [5.41, 5.74) is 2.93. The molecule has 0 radical (unpaired) electrons. The molecule has 1 N–H and O–H groups in total. The number of likely N-dealkylation sites (N-methyl/N-ethyl adjacent to an activating group) is 1. The minimum Gasteiger partial charge on any atom is -0.340 e. The van der Waals surface area contributed by atoms with E-state index in [1.165, 1.54) is 0 Å². The van der Waals surface area contributed by atoms with Crippen molar-refractivity contribution in [2.75, 3.05) is 32.5 Å². The highest BCUT2D eigenvalue weighted by molar-refractivity contribution is 6.06. The van der Waals surface area contributed by atoms with Crippen molar-refractivity contribution >= 4 is 28.4 Å². The molecule has 1 unspecified atom stereocenters. The van der Waals surface area contributed by atoms with Crippen LogP contribution in [0, 0.1) is 0 Å². The molecule has 6 nitrogen and oxygen atoms in total. The zero-order valence-corrected chi connectivity index (χ0v) is 17.1. The van der Waals surface area contributed by atoms with Gasteiger partial charge in [-0.15, -0.1) is 0 Å². The van der Waals surface area contributed by atoms with Crippen molar-refractivity contribution in [2.45, 2.75) is 12.5 Å². The van der Waals surface area contributed by atoms with Crippen LogP contribution in [-0.4, -0.2) is 59.4 Å². The molecule has 2 heterocycles. The predicted molar refractivity (Wildman–Crippen MR) is 115 cm³/mol. The molecule has 1 atom stereocenters. The van der Waals surface area contributed by atoms with E-state index in [4.69, 9.17) is 0 Å². The quantitative estimate of drug-likeness (QED) is 0.744. The summed E-state index contributed by atoms with van der Waals surface area (Å²) in [6, 6.07) is 17.3. The van der Waals surface area contributed by atoms with E-state index in [1.807, 2.05) is 60.9 Å². The number of nitrogens with zero attached hydrogens (tertiary/aromatic N) is 3. The minimum atomic E-state index is -0.170. The molecule has 2 aromatic carbocycles. The van der Waals surface area contributed by atoms with Crippen molar-refractivity contribution in [2.24, 2.45) is 7.05 Å². The second kappa shape index (κ2) is 7.72. The smallest absolute Gasteiger partial charge is 0.272 e. The number of benzene rings is 2. The Hall–Kier alpha value is -3.12. The third kappa shape index (κ3) is 3.76. The van der Waals surface area contributed by atoms with E-state index in [-0.39, 0.29) is 11.8 Å². The maximum atomic E-state index is 12.7. The first-order valence-corrected chi connectivity index (χ1v) is 9.85. The molecular formula is C23H26N4O2. The fraction of sp³-hybridized carbons (Fsp3) is 0.304. The Morgan fingerprint density at radius 1 is 1.07 bits per heavy atom. The van der Waals surface area contributed by atoms with Gasteiger partial charge < -0.3 is 19.7 Å². The number of rotatable bonds is 4. The lowest BCUT2D eigenvalue weighted by Crippen LogP contribution is -2.34. The Balaban J connectivity index is 1.45. The van der Waals surface area contributed by atoms with Gasteiger partial charge in [0.15, 0.2) is 0 Å². The van der Waals surface area contributed by atoms with E-state index in [1.54, 1.807) is 24.3 Å². The topological polar surface area (TPSA) is 57.6 Å². The molecule has 150 valence electrons. The molecule has 0 spiro atoms. The number of likely N-dealkylation sites (tertiary alicyclic amines) is 1. The highest BCUT2D eigenvalue weighted by Crippen LogP contribution is 2.21. The zero-order valence-electron chi connectivity index (χ0n) is 17.1. The number of carbonyl (C=O) groups is 2. The van der Waals surface area contributed by atoms with Gasteiger partial charge in [0.05, 0.1) is 0 Å². The highest BCUT2D eigenvalue weighted by Gasteiger charge is 2.28. The minimum absolute atomic E-state index is 0.0425. The average Bonchev–Trinajstić information content (AvgIpc) is 3.34. The van der Waals surface area contributed by atoms with Gasteiger partial charge >= 0.3 is 0 Å². The van der Waals surface area contributed by atoms with Crippen molar-refractivity contribution in [1.29, 1.82) is 0 Å². The lowest BCUT2D eigenvalue weighted by Gasteiger charge is -2.20. The summed E-state index contributed by atoms with van der Waals surface area (Å²) in [4.78, 5) is 29.5. The number of nitrogens with one attached hydrogen (secondary N) is 1. The molecule has 1 aromatic heterocycles. The summed E-state index contributed by atoms with van der Waals surface area (Å²) in [5.74, 6) is -0.128. The molecule has 1 aliphatic rings. The van der Waals surface area contributed by atoms with Gasteiger partial charge in [-0.05, 0) is 56.9 Å². The predicted octanol–water partition coefficient (Wildman–Crippen LogP) is 3.21. The lowest BCUT2D eigenvalue weighted by atomic mass is 10.2. The van der Waals surface area contributed by atoms with Gasteiger partial charge in [-0.25, -0.2) is 0 Å². The fourth-order valence-corrected chi connectivity index (χ4v) is 3.93. The fourth-order valence-electron chi connectivity index (χ4n) is 3.93. The van der Waals surface area contributed by atoms with Gasteiger partial charge in [-0.3, -0.25) is 9.59 Å². The summed E-state index contributed by atoms with van der Waals surface area (Å²) >= 11 is 0. The van der Waals surface area contributed by atoms with Crippen molar-refractivity contribution in [3.8, 4) is 0 Å². The number of anilines is 1. The first-order chi connectivity index (χ1) is 13.9. The second-order valence-electron chi connectivity index (χ2n) is 7.84. The van der Waals surface area contributed by atoms with Crippen LogP contribution < -0.4 is 5.32 Å². The molecule has 1 fully saturated rings. The van der Waals surface area contributed by atoms with Crippen LogP contribution in [0.3, 0.4) is 0 Å². The van der Waals surface area contributed by atoms with Gasteiger partial charge in [-0.2, -0.15) is 0 Å². The molecule has 0 saturated carbocycles. The largest absolute Gasteiger partial charge is 0.340 e. The molecule has 29 heavy (non-hydrogen) atoms. The molecule has 2 amide bonds. The maximum Gasteiger partial charge on any atom is 0.272 e. The van der Waals surface area contributed by atoms with Crippen LogP contribution in [0.1, 0.15) is 27.3 Å².